The SMILES string of the molecule is CC(C)C(NC(=O)c1ccco1)C(=O)NC(CO)CC(C)(C)C. The lowest BCUT2D eigenvalue weighted by atomic mass is 9.88. The molecule has 3 N–H and O–H groups in total. The van der Waals surface area contributed by atoms with Crippen molar-refractivity contribution >= 4 is 11.8 Å². The maximum atomic E-state index is 12.5. The maximum absolute atomic E-state index is 12.5. The largest absolute Gasteiger partial charge is 0.459 e. The summed E-state index contributed by atoms with van der Waals surface area (Å²) in [7, 11) is 0. The van der Waals surface area contributed by atoms with Crippen molar-refractivity contribution in [1.29, 1.82) is 0 Å². The Hall–Kier alpha value is -1.82. The molecule has 1 aromatic heterocycles. The molecule has 0 radical (unpaired) electrons. The molecule has 2 atom stereocenters. The molecule has 1 heterocycles. The van der Waals surface area contributed by atoms with Crippen LogP contribution in [-0.4, -0.2) is 35.6 Å². The number of hydrogen-bond acceptors (Lipinski definition) is 4. The maximum Gasteiger partial charge on any atom is 0.287 e. The Balaban J connectivity index is 2.72. The summed E-state index contributed by atoms with van der Waals surface area (Å²) in [4.78, 5) is 24.6. The molecule has 2 unspecified atom stereocenters. The number of furan rings is 1. The third kappa shape index (κ3) is 6.44. The van der Waals surface area contributed by atoms with Crippen molar-refractivity contribution in [1.82, 2.24) is 10.6 Å². The monoisotopic (exact) mass is 324 g/mol. The first-order chi connectivity index (χ1) is 10.6. The Kier molecular flexibility index (Phi) is 6.81. The van der Waals surface area contributed by atoms with Crippen LogP contribution in [0.2, 0.25) is 0 Å². The number of aliphatic hydroxyl groups excluding tert-OH is 1. The number of aliphatic hydroxyl groups is 1. The molecule has 6 nitrogen and oxygen atoms in total. The van der Waals surface area contributed by atoms with Crippen LogP contribution in [0.25, 0.3) is 0 Å². The summed E-state index contributed by atoms with van der Waals surface area (Å²) in [5, 5.41) is 15.0. The lowest BCUT2D eigenvalue weighted by Crippen LogP contribution is -2.53. The van der Waals surface area contributed by atoms with Crippen molar-refractivity contribution in [2.75, 3.05) is 6.61 Å². The molecule has 6 heteroatoms. The highest BCUT2D eigenvalue weighted by Gasteiger charge is 2.28. The van der Waals surface area contributed by atoms with Crippen LogP contribution in [0.3, 0.4) is 0 Å². The van der Waals surface area contributed by atoms with Gasteiger partial charge in [-0.3, -0.25) is 9.59 Å². The first kappa shape index (κ1) is 19.2. The Morgan fingerprint density at radius 1 is 1.26 bits per heavy atom. The van der Waals surface area contributed by atoms with Crippen LogP contribution in [-0.2, 0) is 4.79 Å². The molecule has 0 aliphatic heterocycles. The smallest absolute Gasteiger partial charge is 0.287 e. The van der Waals surface area contributed by atoms with E-state index < -0.39 is 11.9 Å². The second-order valence-corrected chi connectivity index (χ2v) is 7.33. The van der Waals surface area contributed by atoms with Gasteiger partial charge in [0, 0.05) is 0 Å². The molecule has 130 valence electrons. The molecule has 0 spiro atoms. The van der Waals surface area contributed by atoms with Gasteiger partial charge >= 0.3 is 0 Å². The molecule has 0 fully saturated rings. The van der Waals surface area contributed by atoms with Gasteiger partial charge in [-0.2, -0.15) is 0 Å². The summed E-state index contributed by atoms with van der Waals surface area (Å²) in [6.45, 7) is 9.69. The van der Waals surface area contributed by atoms with Crippen LogP contribution in [0.4, 0.5) is 0 Å². The summed E-state index contributed by atoms with van der Waals surface area (Å²) in [5.74, 6) is -0.664. The molecule has 23 heavy (non-hydrogen) atoms. The number of carbonyl (C=O) groups is 2. The topological polar surface area (TPSA) is 91.6 Å². The molecular formula is C17H28N2O4. The summed E-state index contributed by atoms with van der Waals surface area (Å²) >= 11 is 0. The average Bonchev–Trinajstić information content (AvgIpc) is 2.95. The molecule has 0 aliphatic carbocycles. The van der Waals surface area contributed by atoms with Gasteiger partial charge in [-0.05, 0) is 29.9 Å². The minimum atomic E-state index is -0.693. The fraction of sp³-hybridized carbons (Fsp3) is 0.647. The third-order valence-electron chi connectivity index (χ3n) is 3.41. The minimum absolute atomic E-state index is 0.0224. The summed E-state index contributed by atoms with van der Waals surface area (Å²) in [6, 6.07) is 2.12. The molecule has 0 aromatic carbocycles. The highest BCUT2D eigenvalue weighted by Crippen LogP contribution is 2.20. The first-order valence-electron chi connectivity index (χ1n) is 7.89. The van der Waals surface area contributed by atoms with Gasteiger partial charge in [0.2, 0.25) is 5.91 Å². The van der Waals surface area contributed by atoms with Crippen molar-refractivity contribution in [3.05, 3.63) is 24.2 Å². The van der Waals surface area contributed by atoms with Gasteiger partial charge in [-0.1, -0.05) is 34.6 Å². The van der Waals surface area contributed by atoms with E-state index in [1.54, 1.807) is 12.1 Å². The van der Waals surface area contributed by atoms with E-state index in [1.165, 1.54) is 6.26 Å². The molecule has 0 aliphatic rings. The van der Waals surface area contributed by atoms with E-state index in [4.69, 9.17) is 4.42 Å². The highest BCUT2D eigenvalue weighted by atomic mass is 16.3. The van der Waals surface area contributed by atoms with E-state index in [0.717, 1.165) is 0 Å². The van der Waals surface area contributed by atoms with Crippen LogP contribution in [0.5, 0.6) is 0 Å². The van der Waals surface area contributed by atoms with Gasteiger partial charge in [0.1, 0.15) is 6.04 Å². The van der Waals surface area contributed by atoms with Gasteiger partial charge in [0.15, 0.2) is 5.76 Å². The third-order valence-corrected chi connectivity index (χ3v) is 3.41. The van der Waals surface area contributed by atoms with Crippen LogP contribution in [0.1, 0.15) is 51.6 Å². The number of rotatable bonds is 7. The van der Waals surface area contributed by atoms with Crippen LogP contribution >= 0.6 is 0 Å². The van der Waals surface area contributed by atoms with Gasteiger partial charge in [0.05, 0.1) is 18.9 Å². The number of amides is 2. The van der Waals surface area contributed by atoms with E-state index in [9.17, 15) is 14.7 Å². The quantitative estimate of drug-likeness (QED) is 0.715. The highest BCUT2D eigenvalue weighted by molar-refractivity contribution is 5.95. The lowest BCUT2D eigenvalue weighted by molar-refractivity contribution is -0.125. The summed E-state index contributed by atoms with van der Waals surface area (Å²) in [6.07, 6.45) is 2.05. The Bertz CT molecular complexity index is 503. The molecule has 0 bridgehead atoms. The predicted octanol–water partition coefficient (Wildman–Crippen LogP) is 1.95. The van der Waals surface area contributed by atoms with Gasteiger partial charge in [-0.15, -0.1) is 0 Å². The summed E-state index contributed by atoms with van der Waals surface area (Å²) in [5.41, 5.74) is -0.0224. The zero-order valence-electron chi connectivity index (χ0n) is 14.6. The van der Waals surface area contributed by atoms with Crippen LogP contribution in [0.15, 0.2) is 22.8 Å². The second kappa shape index (κ2) is 8.15. The van der Waals surface area contributed by atoms with E-state index in [1.807, 2.05) is 34.6 Å². The van der Waals surface area contributed by atoms with Crippen molar-refractivity contribution in [3.63, 3.8) is 0 Å². The van der Waals surface area contributed by atoms with Crippen molar-refractivity contribution in [2.24, 2.45) is 11.3 Å². The van der Waals surface area contributed by atoms with Crippen molar-refractivity contribution in [2.45, 2.75) is 53.1 Å². The second-order valence-electron chi connectivity index (χ2n) is 7.33. The van der Waals surface area contributed by atoms with Crippen molar-refractivity contribution < 1.29 is 19.1 Å². The zero-order chi connectivity index (χ0) is 17.6. The Labute approximate surface area is 137 Å². The predicted molar refractivity (Wildman–Crippen MR) is 87.9 cm³/mol. The fourth-order valence-electron chi connectivity index (χ4n) is 2.35. The molecule has 1 rings (SSSR count). The van der Waals surface area contributed by atoms with E-state index in [2.05, 4.69) is 10.6 Å². The van der Waals surface area contributed by atoms with Gasteiger partial charge in [-0.25, -0.2) is 0 Å². The number of carbonyl (C=O) groups excluding carboxylic acids is 2. The minimum Gasteiger partial charge on any atom is -0.459 e. The molecule has 0 saturated heterocycles. The van der Waals surface area contributed by atoms with Crippen LogP contribution in [0, 0.1) is 11.3 Å². The normalized spacial score (nSPS) is 14.4. The standard InChI is InChI=1S/C17H28N2O4/c1-11(2)14(19-15(21)13-7-6-8-23-13)16(22)18-12(10-20)9-17(3,4)5/h6-8,11-12,14,20H,9-10H2,1-5H3,(H,18,22)(H,19,21). The first-order valence-corrected chi connectivity index (χ1v) is 7.89. The fourth-order valence-corrected chi connectivity index (χ4v) is 2.35. The van der Waals surface area contributed by atoms with Gasteiger partial charge in [0.25, 0.3) is 5.91 Å². The number of hydrogen-bond donors (Lipinski definition) is 3. The van der Waals surface area contributed by atoms with E-state index in [-0.39, 0.29) is 35.6 Å². The van der Waals surface area contributed by atoms with Crippen molar-refractivity contribution in [3.8, 4) is 0 Å². The zero-order valence-corrected chi connectivity index (χ0v) is 14.6. The molecule has 1 aromatic rings. The Morgan fingerprint density at radius 2 is 1.91 bits per heavy atom. The number of nitrogens with one attached hydrogen (secondary N) is 2. The lowest BCUT2D eigenvalue weighted by Gasteiger charge is -2.28. The van der Waals surface area contributed by atoms with E-state index in [0.29, 0.717) is 6.42 Å². The average molecular weight is 324 g/mol. The summed E-state index contributed by atoms with van der Waals surface area (Å²) < 4.78 is 5.04. The Morgan fingerprint density at radius 3 is 2.35 bits per heavy atom. The van der Waals surface area contributed by atoms with Crippen LogP contribution < -0.4 is 10.6 Å². The molecule has 2 amide bonds. The molecular weight excluding hydrogens is 296 g/mol. The van der Waals surface area contributed by atoms with E-state index >= 15 is 0 Å². The molecule has 0 saturated carbocycles. The van der Waals surface area contributed by atoms with Gasteiger partial charge < -0.3 is 20.2 Å².